The highest BCUT2D eigenvalue weighted by Gasteiger charge is 2.52. The van der Waals surface area contributed by atoms with Crippen molar-refractivity contribution in [3.05, 3.63) is 102 Å². The molecule has 0 fully saturated rings. The number of rotatable bonds is 7. The molecule has 2 N–H and O–H groups in total. The van der Waals surface area contributed by atoms with E-state index in [1.54, 1.807) is 28.0 Å². The van der Waals surface area contributed by atoms with Gasteiger partial charge in [-0.3, -0.25) is 14.5 Å². The number of aryl methyl sites for hydroxylation is 1. The van der Waals surface area contributed by atoms with Crippen LogP contribution in [0.25, 0.3) is 0 Å². The molecule has 0 aromatic heterocycles. The standard InChI is InChI=1S/C30H30N2O4/c1-21(9-6-7-18-33)30(36)25-13-3-5-15-27(25)31(29(30)35)20-22-10-8-12-24(19-22)32-26-14-4-2-11-23(26)16-17-28(32)34/h2-6,8-15,19,21,33,36H,7,16-18,20H2,1H3/b9-6+/t21-,30+/m1/s1. The maximum atomic E-state index is 13.7. The van der Waals surface area contributed by atoms with Crippen molar-refractivity contribution in [1.29, 1.82) is 0 Å². The van der Waals surface area contributed by atoms with Crippen molar-refractivity contribution in [3.8, 4) is 0 Å². The zero-order chi connectivity index (χ0) is 25.3. The van der Waals surface area contributed by atoms with E-state index in [1.165, 1.54) is 0 Å². The summed E-state index contributed by atoms with van der Waals surface area (Å²) in [6.07, 6.45) is 5.22. The number of aliphatic hydroxyl groups is 2. The molecule has 2 aliphatic rings. The zero-order valence-corrected chi connectivity index (χ0v) is 20.3. The number of benzene rings is 3. The smallest absolute Gasteiger partial charge is 0.264 e. The van der Waals surface area contributed by atoms with E-state index in [4.69, 9.17) is 5.11 Å². The van der Waals surface area contributed by atoms with E-state index in [0.29, 0.717) is 24.1 Å². The number of carbonyl (C=O) groups excluding carboxylic acids is 2. The van der Waals surface area contributed by atoms with Crippen LogP contribution in [0.3, 0.4) is 0 Å². The summed E-state index contributed by atoms with van der Waals surface area (Å²) in [5.41, 5.74) is 3.22. The van der Waals surface area contributed by atoms with Gasteiger partial charge in [0, 0.05) is 30.2 Å². The van der Waals surface area contributed by atoms with Crippen LogP contribution in [-0.4, -0.2) is 28.6 Å². The van der Waals surface area contributed by atoms with Gasteiger partial charge < -0.3 is 15.1 Å². The van der Waals surface area contributed by atoms with Crippen molar-refractivity contribution < 1.29 is 19.8 Å². The van der Waals surface area contributed by atoms with Gasteiger partial charge >= 0.3 is 0 Å². The largest absolute Gasteiger partial charge is 0.396 e. The fraction of sp³-hybridized carbons (Fsp3) is 0.267. The fourth-order valence-corrected chi connectivity index (χ4v) is 5.26. The molecule has 3 aromatic rings. The van der Waals surface area contributed by atoms with Crippen LogP contribution in [0.4, 0.5) is 17.1 Å². The Morgan fingerprint density at radius 2 is 1.72 bits per heavy atom. The lowest BCUT2D eigenvalue weighted by Crippen LogP contribution is -2.44. The van der Waals surface area contributed by atoms with E-state index in [0.717, 1.165) is 28.9 Å². The van der Waals surface area contributed by atoms with Crippen LogP contribution in [0.15, 0.2) is 84.9 Å². The Morgan fingerprint density at radius 3 is 2.53 bits per heavy atom. The van der Waals surface area contributed by atoms with Crippen LogP contribution in [0, 0.1) is 5.92 Å². The second-order valence-electron chi connectivity index (χ2n) is 9.43. The van der Waals surface area contributed by atoms with E-state index in [2.05, 4.69) is 6.07 Å². The second kappa shape index (κ2) is 9.72. The molecule has 3 aromatic carbocycles. The zero-order valence-electron chi connectivity index (χ0n) is 20.3. The predicted molar refractivity (Wildman–Crippen MR) is 140 cm³/mol. The summed E-state index contributed by atoms with van der Waals surface area (Å²) in [6.45, 7) is 2.09. The second-order valence-corrected chi connectivity index (χ2v) is 9.43. The fourth-order valence-electron chi connectivity index (χ4n) is 5.26. The van der Waals surface area contributed by atoms with Crippen LogP contribution < -0.4 is 9.80 Å². The molecule has 6 nitrogen and oxygen atoms in total. The van der Waals surface area contributed by atoms with Crippen LogP contribution in [0.1, 0.15) is 36.5 Å². The first kappa shape index (κ1) is 24.0. The SMILES string of the molecule is C[C@H](/C=C/CCO)[C@@]1(O)C(=O)N(Cc2cccc(N3C(=O)CCc4ccccc43)c2)c2ccccc21. The maximum absolute atomic E-state index is 13.7. The molecule has 2 heterocycles. The van der Waals surface area contributed by atoms with Crippen LogP contribution >= 0.6 is 0 Å². The lowest BCUT2D eigenvalue weighted by molar-refractivity contribution is -0.139. The molecule has 184 valence electrons. The first-order valence-corrected chi connectivity index (χ1v) is 12.4. The van der Waals surface area contributed by atoms with Crippen molar-refractivity contribution in [2.75, 3.05) is 16.4 Å². The Labute approximate surface area is 211 Å². The maximum Gasteiger partial charge on any atom is 0.264 e. The molecule has 0 radical (unpaired) electrons. The Bertz CT molecular complexity index is 1330. The van der Waals surface area contributed by atoms with Crippen molar-refractivity contribution in [3.63, 3.8) is 0 Å². The Balaban J connectivity index is 1.47. The van der Waals surface area contributed by atoms with Crippen LogP contribution in [-0.2, 0) is 28.2 Å². The molecule has 2 atom stereocenters. The molecule has 2 amide bonds. The third-order valence-corrected chi connectivity index (χ3v) is 7.16. The van der Waals surface area contributed by atoms with Gasteiger partial charge in [0.05, 0.1) is 17.9 Å². The molecule has 0 saturated carbocycles. The summed E-state index contributed by atoms with van der Waals surface area (Å²) in [5, 5.41) is 20.8. The van der Waals surface area contributed by atoms with E-state index in [1.807, 2.05) is 67.6 Å². The molecule has 36 heavy (non-hydrogen) atoms. The number of para-hydroxylation sites is 2. The Hall–Kier alpha value is -3.74. The highest BCUT2D eigenvalue weighted by Crippen LogP contribution is 2.46. The Kier molecular flexibility index (Phi) is 6.48. The lowest BCUT2D eigenvalue weighted by atomic mass is 9.83. The summed E-state index contributed by atoms with van der Waals surface area (Å²) in [7, 11) is 0. The van der Waals surface area contributed by atoms with Gasteiger partial charge in [-0.1, -0.05) is 67.6 Å². The number of hydrogen-bond donors (Lipinski definition) is 2. The number of amides is 2. The number of fused-ring (bicyclic) bond motifs is 2. The minimum atomic E-state index is -1.69. The van der Waals surface area contributed by atoms with Gasteiger partial charge in [-0.05, 0) is 48.2 Å². The predicted octanol–water partition coefficient (Wildman–Crippen LogP) is 4.61. The Morgan fingerprint density at radius 1 is 0.972 bits per heavy atom. The lowest BCUT2D eigenvalue weighted by Gasteiger charge is -2.30. The molecule has 6 heteroatoms. The summed E-state index contributed by atoms with van der Waals surface area (Å²) in [6, 6.07) is 22.9. The highest BCUT2D eigenvalue weighted by molar-refractivity contribution is 6.07. The van der Waals surface area contributed by atoms with Crippen molar-refractivity contribution in [2.45, 2.75) is 38.3 Å². The third-order valence-electron chi connectivity index (χ3n) is 7.16. The van der Waals surface area contributed by atoms with Gasteiger partial charge in [0.15, 0.2) is 5.60 Å². The van der Waals surface area contributed by atoms with Gasteiger partial charge in [0.25, 0.3) is 5.91 Å². The highest BCUT2D eigenvalue weighted by atomic mass is 16.3. The van der Waals surface area contributed by atoms with Crippen molar-refractivity contribution in [1.82, 2.24) is 0 Å². The summed E-state index contributed by atoms with van der Waals surface area (Å²) < 4.78 is 0. The average Bonchev–Trinajstić information content (AvgIpc) is 3.11. The molecular formula is C30H30N2O4. The van der Waals surface area contributed by atoms with Gasteiger partial charge in [0.1, 0.15) is 0 Å². The topological polar surface area (TPSA) is 81.1 Å². The number of hydrogen-bond acceptors (Lipinski definition) is 4. The van der Waals surface area contributed by atoms with E-state index < -0.39 is 11.5 Å². The molecule has 5 rings (SSSR count). The van der Waals surface area contributed by atoms with Gasteiger partial charge in [0.2, 0.25) is 5.91 Å². The monoisotopic (exact) mass is 482 g/mol. The normalized spacial score (nSPS) is 20.1. The molecule has 2 aliphatic heterocycles. The van der Waals surface area contributed by atoms with Gasteiger partial charge in [-0.15, -0.1) is 0 Å². The molecule has 0 unspecified atom stereocenters. The molecular weight excluding hydrogens is 452 g/mol. The quantitative estimate of drug-likeness (QED) is 0.482. The first-order valence-electron chi connectivity index (χ1n) is 12.4. The number of nitrogens with zero attached hydrogens (tertiary/aromatic N) is 2. The molecule has 0 saturated heterocycles. The van der Waals surface area contributed by atoms with Crippen molar-refractivity contribution >= 4 is 28.9 Å². The number of aliphatic hydroxyl groups excluding tert-OH is 1. The summed E-state index contributed by atoms with van der Waals surface area (Å²) in [5.74, 6) is -0.808. The minimum absolute atomic E-state index is 0.0125. The summed E-state index contributed by atoms with van der Waals surface area (Å²) in [4.78, 5) is 30.0. The molecule has 0 aliphatic carbocycles. The molecule has 0 spiro atoms. The minimum Gasteiger partial charge on any atom is -0.396 e. The summed E-state index contributed by atoms with van der Waals surface area (Å²) >= 11 is 0. The van der Waals surface area contributed by atoms with Crippen LogP contribution in [0.5, 0.6) is 0 Å². The number of carbonyl (C=O) groups is 2. The van der Waals surface area contributed by atoms with Gasteiger partial charge in [-0.2, -0.15) is 0 Å². The van der Waals surface area contributed by atoms with Crippen LogP contribution in [0.2, 0.25) is 0 Å². The van der Waals surface area contributed by atoms with Gasteiger partial charge in [-0.25, -0.2) is 0 Å². The third kappa shape index (κ3) is 4.02. The average molecular weight is 483 g/mol. The van der Waals surface area contributed by atoms with E-state index in [9.17, 15) is 14.7 Å². The van der Waals surface area contributed by atoms with E-state index in [-0.39, 0.29) is 25.0 Å². The number of anilines is 3. The molecule has 0 bridgehead atoms. The van der Waals surface area contributed by atoms with Crippen molar-refractivity contribution in [2.24, 2.45) is 5.92 Å². The van der Waals surface area contributed by atoms with E-state index >= 15 is 0 Å². The first-order chi connectivity index (χ1) is 17.4.